The van der Waals surface area contributed by atoms with Crippen LogP contribution < -0.4 is 4.74 Å². The molecule has 0 aromatic heterocycles. The number of nitrogens with one attached hydrogen (secondary N) is 1. The van der Waals surface area contributed by atoms with Gasteiger partial charge in [-0.2, -0.15) is 0 Å². The number of ketones is 1. The Balaban J connectivity index is 0.00000320. The number of aliphatic imine (C=N–C) groups is 1. The van der Waals surface area contributed by atoms with Crippen molar-refractivity contribution >= 4 is 17.8 Å². The van der Waals surface area contributed by atoms with Crippen LogP contribution in [0.3, 0.4) is 0 Å². The molecule has 1 aromatic carbocycles. The first-order valence-corrected chi connectivity index (χ1v) is 9.15. The Morgan fingerprint density at radius 2 is 2.03 bits per heavy atom. The van der Waals surface area contributed by atoms with Gasteiger partial charge in [-0.3, -0.25) is 10.2 Å². The van der Waals surface area contributed by atoms with Crippen molar-refractivity contribution in [2.24, 2.45) is 10.9 Å². The van der Waals surface area contributed by atoms with Gasteiger partial charge < -0.3 is 4.74 Å². The summed E-state index contributed by atoms with van der Waals surface area (Å²) in [6.07, 6.45) is 4.66. The highest BCUT2D eigenvalue weighted by atomic mass is 19.4. The van der Waals surface area contributed by atoms with Gasteiger partial charge in [0, 0.05) is 20.0 Å². The van der Waals surface area contributed by atoms with Crippen molar-refractivity contribution in [1.82, 2.24) is 0 Å². The fourth-order valence-corrected chi connectivity index (χ4v) is 3.08. The van der Waals surface area contributed by atoms with Gasteiger partial charge in [0.25, 0.3) is 0 Å². The number of carbonyl (C=O) groups is 1. The van der Waals surface area contributed by atoms with Crippen molar-refractivity contribution < 1.29 is 24.1 Å². The number of amidine groups is 1. The van der Waals surface area contributed by atoms with Crippen molar-refractivity contribution in [3.63, 3.8) is 0 Å². The number of hydrogen-bond acceptors (Lipinski definition) is 3. The van der Waals surface area contributed by atoms with Crippen LogP contribution in [0.2, 0.25) is 0 Å². The van der Waals surface area contributed by atoms with Crippen molar-refractivity contribution in [2.45, 2.75) is 32.0 Å². The molecule has 1 unspecified atom stereocenters. The van der Waals surface area contributed by atoms with Crippen LogP contribution in [-0.4, -0.2) is 24.2 Å². The summed E-state index contributed by atoms with van der Waals surface area (Å²) < 4.78 is 40.4. The average molecular weight is 403 g/mol. The molecular formula is C22H22F3N2O2. The van der Waals surface area contributed by atoms with Gasteiger partial charge in [-0.1, -0.05) is 30.9 Å². The maximum atomic E-state index is 12.2. The number of nitrogens with zero attached hydrogens (tertiary/aromatic N) is 1. The molecule has 0 saturated carbocycles. The number of carbonyl (C=O) groups excluding carboxylic acids is 1. The number of ether oxygens (including phenoxy) is 1. The fraction of sp³-hybridized carbons (Fsp3) is 0.273. The van der Waals surface area contributed by atoms with E-state index in [1.165, 1.54) is 30.5 Å². The van der Waals surface area contributed by atoms with Gasteiger partial charge in [-0.15, -0.1) is 13.2 Å². The number of halogens is 3. The molecule has 0 saturated heterocycles. The molecule has 2 aliphatic rings. The molecular weight excluding hydrogens is 381 g/mol. The maximum absolute atomic E-state index is 12.2. The van der Waals surface area contributed by atoms with E-state index in [0.29, 0.717) is 31.3 Å². The van der Waals surface area contributed by atoms with E-state index in [2.05, 4.69) is 16.3 Å². The summed E-state index contributed by atoms with van der Waals surface area (Å²) in [5.74, 6) is 0.0255. The minimum Gasteiger partial charge on any atom is -0.406 e. The molecule has 0 spiro atoms. The van der Waals surface area contributed by atoms with E-state index in [0.717, 1.165) is 16.7 Å². The fourth-order valence-electron chi connectivity index (χ4n) is 3.08. The van der Waals surface area contributed by atoms with Crippen molar-refractivity contribution in [2.75, 3.05) is 0 Å². The van der Waals surface area contributed by atoms with E-state index < -0.39 is 6.36 Å². The molecule has 1 N–H and O–H groups in total. The predicted molar refractivity (Wildman–Crippen MR) is 107 cm³/mol. The lowest BCUT2D eigenvalue weighted by Crippen LogP contribution is -2.18. The van der Waals surface area contributed by atoms with Crippen LogP contribution >= 0.6 is 0 Å². The largest absolute Gasteiger partial charge is 0.573 e. The first-order valence-electron chi connectivity index (χ1n) is 9.15. The zero-order chi connectivity index (χ0) is 21.0. The summed E-state index contributed by atoms with van der Waals surface area (Å²) >= 11 is 0. The average Bonchev–Trinajstić information content (AvgIpc) is 3.51. The highest BCUT2D eigenvalue weighted by molar-refractivity contribution is 6.05. The number of rotatable bonds is 7. The van der Waals surface area contributed by atoms with E-state index in [-0.39, 0.29) is 24.7 Å². The molecule has 0 heterocycles. The smallest absolute Gasteiger partial charge is 0.406 e. The lowest BCUT2D eigenvalue weighted by atomic mass is 9.85. The number of hydrogen-bond donors (Lipinski definition) is 1. The molecule has 7 heteroatoms. The summed E-state index contributed by atoms with van der Waals surface area (Å²) in [4.78, 5) is 16.2. The van der Waals surface area contributed by atoms with Crippen LogP contribution in [0.15, 0.2) is 64.7 Å². The highest BCUT2D eigenvalue weighted by Gasteiger charge is 2.31. The van der Waals surface area contributed by atoms with Gasteiger partial charge in [-0.25, -0.2) is 4.99 Å². The Hall–Kier alpha value is -2.96. The molecule has 2 aliphatic carbocycles. The normalized spacial score (nSPS) is 18.8. The van der Waals surface area contributed by atoms with Gasteiger partial charge in [0.15, 0.2) is 5.78 Å². The Bertz CT molecular complexity index is 915. The zero-order valence-corrected chi connectivity index (χ0v) is 15.6. The van der Waals surface area contributed by atoms with Crippen LogP contribution in [0.4, 0.5) is 13.2 Å². The van der Waals surface area contributed by atoms with E-state index in [1.807, 2.05) is 18.6 Å². The molecule has 0 aliphatic heterocycles. The number of allylic oxidation sites excluding steroid dienone is 4. The summed E-state index contributed by atoms with van der Waals surface area (Å²) in [5, 5.41) is 8.10. The SMILES string of the molecule is C=C(C=NC(=N)C1=CCC(C(=O)C2=C[CH]2)CC1)Cc1ccc(OC(F)(F)F)cc1.[HH]. The first kappa shape index (κ1) is 20.8. The molecule has 0 bridgehead atoms. The van der Waals surface area contributed by atoms with E-state index in [9.17, 15) is 18.0 Å². The van der Waals surface area contributed by atoms with E-state index >= 15 is 0 Å². The topological polar surface area (TPSA) is 62.5 Å². The molecule has 3 rings (SSSR count). The van der Waals surface area contributed by atoms with Crippen molar-refractivity contribution in [3.05, 3.63) is 71.7 Å². The Kier molecular flexibility index (Phi) is 6.15. The summed E-state index contributed by atoms with van der Waals surface area (Å²) in [6.45, 7) is 3.88. The second-order valence-corrected chi connectivity index (χ2v) is 6.99. The zero-order valence-electron chi connectivity index (χ0n) is 15.6. The molecule has 1 atom stereocenters. The summed E-state index contributed by atoms with van der Waals surface area (Å²) in [5.41, 5.74) is 2.99. The third kappa shape index (κ3) is 6.27. The minimum atomic E-state index is -4.72. The maximum Gasteiger partial charge on any atom is 0.573 e. The first-order chi connectivity index (χ1) is 13.7. The molecule has 29 heavy (non-hydrogen) atoms. The standard InChI is InChI=1S/C22H20F3N2O2.H2/c1-14(12-15-2-10-19(11-3-15)29-22(23,24)25)13-27-21(26)18-8-6-17(7-9-18)20(28)16-4-5-16;/h2-5,8,10-11,13,17,26H,1,6-7,9,12H2;1H. The number of Topliss-reactive ketones (excluding diaryl/α,β-unsaturated/α-hetero) is 1. The van der Waals surface area contributed by atoms with Gasteiger partial charge in [0.2, 0.25) is 0 Å². The van der Waals surface area contributed by atoms with E-state index in [4.69, 9.17) is 5.41 Å². The van der Waals surface area contributed by atoms with Gasteiger partial charge in [-0.05, 0) is 60.1 Å². The van der Waals surface area contributed by atoms with E-state index in [1.54, 1.807) is 0 Å². The molecule has 0 fully saturated rings. The third-order valence-corrected chi connectivity index (χ3v) is 4.67. The monoisotopic (exact) mass is 403 g/mol. The van der Waals surface area contributed by atoms with Crippen LogP contribution in [0.1, 0.15) is 26.3 Å². The second kappa shape index (κ2) is 8.59. The van der Waals surface area contributed by atoms with Gasteiger partial charge >= 0.3 is 6.36 Å². The van der Waals surface area contributed by atoms with Crippen LogP contribution in [-0.2, 0) is 11.2 Å². The lowest BCUT2D eigenvalue weighted by molar-refractivity contribution is -0.274. The van der Waals surface area contributed by atoms with Crippen LogP contribution in [0, 0.1) is 17.7 Å². The summed E-state index contributed by atoms with van der Waals surface area (Å²) in [6, 6.07) is 5.54. The van der Waals surface area contributed by atoms with Crippen LogP contribution in [0.25, 0.3) is 0 Å². The van der Waals surface area contributed by atoms with Gasteiger partial charge in [0.05, 0.1) is 0 Å². The predicted octanol–water partition coefficient (Wildman–Crippen LogP) is 5.42. The molecule has 4 nitrogen and oxygen atoms in total. The highest BCUT2D eigenvalue weighted by Crippen LogP contribution is 2.31. The second-order valence-electron chi connectivity index (χ2n) is 6.99. The van der Waals surface area contributed by atoms with Crippen LogP contribution in [0.5, 0.6) is 5.75 Å². The number of alkyl halides is 3. The van der Waals surface area contributed by atoms with Crippen molar-refractivity contribution in [3.8, 4) is 5.75 Å². The number of benzene rings is 1. The Labute approximate surface area is 168 Å². The Morgan fingerprint density at radius 3 is 2.59 bits per heavy atom. The third-order valence-electron chi connectivity index (χ3n) is 4.67. The Morgan fingerprint density at radius 1 is 1.34 bits per heavy atom. The van der Waals surface area contributed by atoms with Gasteiger partial charge in [0.1, 0.15) is 11.6 Å². The molecule has 153 valence electrons. The molecule has 0 amide bonds. The molecule has 1 aromatic rings. The minimum absolute atomic E-state index is 0. The quantitative estimate of drug-likeness (QED) is 0.488. The lowest BCUT2D eigenvalue weighted by Gasteiger charge is -2.19. The summed E-state index contributed by atoms with van der Waals surface area (Å²) in [7, 11) is 0. The molecule has 1 radical (unpaired) electrons. The van der Waals surface area contributed by atoms with Crippen molar-refractivity contribution in [1.29, 1.82) is 5.41 Å².